The average Bonchev–Trinajstić information content (AvgIpc) is 2.43. The third-order valence-electron chi connectivity index (χ3n) is 2.93. The summed E-state index contributed by atoms with van der Waals surface area (Å²) in [5.41, 5.74) is 7.17. The van der Waals surface area contributed by atoms with Crippen LogP contribution in [-0.4, -0.2) is 43.5 Å². The molecule has 3 N–H and O–H groups in total. The second-order valence-corrected chi connectivity index (χ2v) is 4.91. The summed E-state index contributed by atoms with van der Waals surface area (Å²) in [5.74, 6) is 0.190. The quantitative estimate of drug-likeness (QED) is 0.733. The van der Waals surface area contributed by atoms with Crippen molar-refractivity contribution >= 4 is 17.5 Å². The molecule has 21 heavy (non-hydrogen) atoms. The number of amides is 2. The highest BCUT2D eigenvalue weighted by Crippen LogP contribution is 2.19. The van der Waals surface area contributed by atoms with Crippen molar-refractivity contribution in [2.75, 3.05) is 32.5 Å². The maximum absolute atomic E-state index is 11.9. The zero-order valence-corrected chi connectivity index (χ0v) is 12.8. The van der Waals surface area contributed by atoms with Gasteiger partial charge in [0.15, 0.2) is 6.61 Å². The van der Waals surface area contributed by atoms with Gasteiger partial charge in [-0.05, 0) is 37.1 Å². The molecule has 1 aromatic rings. The van der Waals surface area contributed by atoms with Gasteiger partial charge in [0.05, 0.1) is 6.54 Å². The molecule has 0 atom stereocenters. The number of likely N-dealkylation sites (N-methyl/N-ethyl adjacent to an activating group) is 1. The number of carbonyl (C=O) groups is 2. The third kappa shape index (κ3) is 5.72. The maximum atomic E-state index is 11.9. The van der Waals surface area contributed by atoms with Crippen molar-refractivity contribution in [3.05, 3.63) is 23.8 Å². The molecule has 2 amide bonds. The monoisotopic (exact) mass is 293 g/mol. The van der Waals surface area contributed by atoms with Crippen molar-refractivity contribution < 1.29 is 14.3 Å². The van der Waals surface area contributed by atoms with Crippen LogP contribution in [0, 0.1) is 6.92 Å². The van der Waals surface area contributed by atoms with E-state index in [0.717, 1.165) is 12.0 Å². The lowest BCUT2D eigenvalue weighted by molar-refractivity contribution is -0.136. The van der Waals surface area contributed by atoms with Crippen LogP contribution in [0.5, 0.6) is 5.75 Å². The molecule has 0 aliphatic rings. The Bertz CT molecular complexity index is 503. The fourth-order valence-corrected chi connectivity index (χ4v) is 1.71. The minimum Gasteiger partial charge on any atom is -0.483 e. The summed E-state index contributed by atoms with van der Waals surface area (Å²) in [6, 6.07) is 5.22. The Morgan fingerprint density at radius 1 is 1.38 bits per heavy atom. The van der Waals surface area contributed by atoms with Crippen LogP contribution in [0.15, 0.2) is 18.2 Å². The summed E-state index contributed by atoms with van der Waals surface area (Å²) in [7, 11) is 1.58. The van der Waals surface area contributed by atoms with Gasteiger partial charge in [0, 0.05) is 19.3 Å². The van der Waals surface area contributed by atoms with Gasteiger partial charge in [-0.1, -0.05) is 6.92 Å². The topological polar surface area (TPSA) is 84.7 Å². The number of nitrogens with zero attached hydrogens (tertiary/aromatic N) is 1. The van der Waals surface area contributed by atoms with E-state index >= 15 is 0 Å². The summed E-state index contributed by atoms with van der Waals surface area (Å²) in [5, 5.41) is 2.72. The molecule has 0 unspecified atom stereocenters. The first-order chi connectivity index (χ1) is 9.93. The highest BCUT2D eigenvalue weighted by atomic mass is 16.5. The fourth-order valence-electron chi connectivity index (χ4n) is 1.71. The smallest absolute Gasteiger partial charge is 0.260 e. The molecule has 116 valence electrons. The highest BCUT2D eigenvalue weighted by Gasteiger charge is 2.13. The molecule has 0 radical (unpaired) electrons. The van der Waals surface area contributed by atoms with E-state index in [4.69, 9.17) is 10.5 Å². The van der Waals surface area contributed by atoms with Crippen LogP contribution < -0.4 is 15.8 Å². The van der Waals surface area contributed by atoms with Gasteiger partial charge in [-0.15, -0.1) is 0 Å². The number of ether oxygens (including phenoxy) is 1. The average molecular weight is 293 g/mol. The number of anilines is 1. The molecule has 0 fully saturated rings. The summed E-state index contributed by atoms with van der Waals surface area (Å²) in [6.45, 7) is 4.36. The predicted molar refractivity (Wildman–Crippen MR) is 82.0 cm³/mol. The van der Waals surface area contributed by atoms with Gasteiger partial charge in [0.2, 0.25) is 5.91 Å². The van der Waals surface area contributed by atoms with Gasteiger partial charge in [-0.3, -0.25) is 9.59 Å². The number of nitrogen functional groups attached to an aromatic ring is 1. The van der Waals surface area contributed by atoms with Crippen LogP contribution >= 0.6 is 0 Å². The Labute approximate surface area is 125 Å². The lowest BCUT2D eigenvalue weighted by Gasteiger charge is -2.17. The van der Waals surface area contributed by atoms with E-state index in [1.54, 1.807) is 25.2 Å². The van der Waals surface area contributed by atoms with Crippen molar-refractivity contribution in [1.82, 2.24) is 10.2 Å². The molecular weight excluding hydrogens is 270 g/mol. The largest absolute Gasteiger partial charge is 0.483 e. The number of aryl methyl sites for hydroxylation is 1. The first kappa shape index (κ1) is 16.8. The van der Waals surface area contributed by atoms with Gasteiger partial charge in [-0.25, -0.2) is 0 Å². The van der Waals surface area contributed by atoms with Gasteiger partial charge in [0.25, 0.3) is 5.91 Å². The maximum Gasteiger partial charge on any atom is 0.260 e. The van der Waals surface area contributed by atoms with Crippen molar-refractivity contribution in [2.45, 2.75) is 20.3 Å². The second kappa shape index (κ2) is 8.14. The molecule has 0 spiro atoms. The number of hydrogen-bond donors (Lipinski definition) is 2. The number of nitrogens with two attached hydrogens (primary N) is 1. The van der Waals surface area contributed by atoms with Crippen LogP contribution in [0.1, 0.15) is 18.9 Å². The fraction of sp³-hybridized carbons (Fsp3) is 0.467. The second-order valence-electron chi connectivity index (χ2n) is 4.91. The molecule has 1 aromatic carbocycles. The molecular formula is C15H23N3O3. The molecule has 0 bridgehead atoms. The van der Waals surface area contributed by atoms with Gasteiger partial charge >= 0.3 is 0 Å². The van der Waals surface area contributed by atoms with E-state index in [1.807, 2.05) is 13.8 Å². The Hall–Kier alpha value is -2.24. The number of benzene rings is 1. The Morgan fingerprint density at radius 3 is 2.71 bits per heavy atom. The molecule has 0 saturated heterocycles. The normalized spacial score (nSPS) is 10.0. The Balaban J connectivity index is 2.43. The molecule has 1 rings (SSSR count). The molecule has 0 aliphatic carbocycles. The van der Waals surface area contributed by atoms with E-state index < -0.39 is 0 Å². The van der Waals surface area contributed by atoms with Crippen LogP contribution in [-0.2, 0) is 9.59 Å². The van der Waals surface area contributed by atoms with Crippen molar-refractivity contribution in [2.24, 2.45) is 0 Å². The van der Waals surface area contributed by atoms with Crippen LogP contribution in [0.4, 0.5) is 5.69 Å². The van der Waals surface area contributed by atoms with E-state index in [0.29, 0.717) is 18.0 Å². The summed E-state index contributed by atoms with van der Waals surface area (Å²) >= 11 is 0. The number of nitrogens with one attached hydrogen (secondary N) is 1. The lowest BCUT2D eigenvalue weighted by Crippen LogP contribution is -2.40. The standard InChI is InChI=1S/C15H23N3O3/c1-4-7-17-14(19)9-18(3)15(20)10-21-13-6-5-12(16)8-11(13)2/h5-6,8H,4,7,9-10,16H2,1-3H3,(H,17,19). The molecule has 0 aliphatic heterocycles. The van der Waals surface area contributed by atoms with Crippen molar-refractivity contribution in [1.29, 1.82) is 0 Å². The number of carbonyl (C=O) groups excluding carboxylic acids is 2. The summed E-state index contributed by atoms with van der Waals surface area (Å²) < 4.78 is 5.46. The van der Waals surface area contributed by atoms with E-state index in [1.165, 1.54) is 4.90 Å². The van der Waals surface area contributed by atoms with E-state index in [2.05, 4.69) is 5.32 Å². The lowest BCUT2D eigenvalue weighted by atomic mass is 10.2. The Kier molecular flexibility index (Phi) is 6.52. The molecule has 6 heteroatoms. The van der Waals surface area contributed by atoms with Crippen molar-refractivity contribution in [3.8, 4) is 5.75 Å². The summed E-state index contributed by atoms with van der Waals surface area (Å²) in [6.07, 6.45) is 0.864. The third-order valence-corrected chi connectivity index (χ3v) is 2.93. The van der Waals surface area contributed by atoms with E-state index in [9.17, 15) is 9.59 Å². The zero-order valence-electron chi connectivity index (χ0n) is 12.8. The SMILES string of the molecule is CCCNC(=O)CN(C)C(=O)COc1ccc(N)cc1C. The Morgan fingerprint density at radius 2 is 2.10 bits per heavy atom. The van der Waals surface area contributed by atoms with Gasteiger partial charge < -0.3 is 20.7 Å². The minimum atomic E-state index is -0.252. The predicted octanol–water partition coefficient (Wildman–Crippen LogP) is 0.941. The van der Waals surface area contributed by atoms with Crippen molar-refractivity contribution in [3.63, 3.8) is 0 Å². The molecule has 0 aromatic heterocycles. The molecule has 0 heterocycles. The first-order valence-electron chi connectivity index (χ1n) is 6.93. The molecule has 0 saturated carbocycles. The minimum absolute atomic E-state index is 0.0307. The summed E-state index contributed by atoms with van der Waals surface area (Å²) in [4.78, 5) is 24.8. The highest BCUT2D eigenvalue weighted by molar-refractivity contribution is 5.85. The zero-order chi connectivity index (χ0) is 15.8. The van der Waals surface area contributed by atoms with Crippen LogP contribution in [0.2, 0.25) is 0 Å². The first-order valence-corrected chi connectivity index (χ1v) is 6.93. The number of hydrogen-bond acceptors (Lipinski definition) is 4. The van der Waals surface area contributed by atoms with Gasteiger partial charge in [-0.2, -0.15) is 0 Å². The van der Waals surface area contributed by atoms with E-state index in [-0.39, 0.29) is 25.0 Å². The van der Waals surface area contributed by atoms with Gasteiger partial charge in [0.1, 0.15) is 5.75 Å². The van der Waals surface area contributed by atoms with Crippen LogP contribution in [0.3, 0.4) is 0 Å². The number of rotatable bonds is 7. The van der Waals surface area contributed by atoms with Crippen LogP contribution in [0.25, 0.3) is 0 Å². The molecule has 6 nitrogen and oxygen atoms in total.